The zero-order chi connectivity index (χ0) is 24.0. The second kappa shape index (κ2) is 11.2. The molecule has 1 aliphatic carbocycles. The van der Waals surface area contributed by atoms with Gasteiger partial charge in [0.1, 0.15) is 5.78 Å². The first-order chi connectivity index (χ1) is 15.7. The molecule has 1 unspecified atom stereocenters. The number of fused-ring (bicyclic) bond motifs is 1. The van der Waals surface area contributed by atoms with E-state index in [-0.39, 0.29) is 24.0 Å². The molecule has 3 rings (SSSR count). The zero-order valence-corrected chi connectivity index (χ0v) is 20.0. The van der Waals surface area contributed by atoms with E-state index >= 15 is 0 Å². The van der Waals surface area contributed by atoms with Crippen molar-refractivity contribution in [2.75, 3.05) is 0 Å². The number of benzene rings is 1. The molecule has 4 atom stereocenters. The summed E-state index contributed by atoms with van der Waals surface area (Å²) in [5.74, 6) is 3.69. The van der Waals surface area contributed by atoms with E-state index in [4.69, 9.17) is 5.90 Å². The smallest absolute Gasteiger partial charge is 0.324 e. The van der Waals surface area contributed by atoms with Crippen molar-refractivity contribution in [3.63, 3.8) is 0 Å². The van der Waals surface area contributed by atoms with Crippen molar-refractivity contribution in [3.8, 4) is 0 Å². The van der Waals surface area contributed by atoms with E-state index in [2.05, 4.69) is 23.0 Å². The van der Waals surface area contributed by atoms with Gasteiger partial charge in [-0.25, -0.2) is 0 Å². The van der Waals surface area contributed by atoms with E-state index in [0.717, 1.165) is 4.88 Å². The van der Waals surface area contributed by atoms with Crippen molar-refractivity contribution in [1.82, 2.24) is 0 Å². The van der Waals surface area contributed by atoms with E-state index < -0.39 is 23.6 Å². The van der Waals surface area contributed by atoms with Crippen LogP contribution in [0.5, 0.6) is 0 Å². The van der Waals surface area contributed by atoms with Crippen LogP contribution in [0, 0.1) is 17.3 Å². The molecule has 1 aromatic heterocycles. The molecule has 4 N–H and O–H groups in total. The number of ketones is 1. The lowest BCUT2D eigenvalue weighted by atomic mass is 9.86. The van der Waals surface area contributed by atoms with Crippen LogP contribution in [0.15, 0.2) is 54.6 Å². The van der Waals surface area contributed by atoms with Crippen LogP contribution in [-0.2, 0) is 20.8 Å². The fraction of sp³-hybridized carbons (Fsp3) is 0.462. The Hall–Kier alpha value is -2.32. The van der Waals surface area contributed by atoms with E-state index in [1.807, 2.05) is 30.4 Å². The Bertz CT molecular complexity index is 992. The SMILES string of the molecule is CC1(C)C(=O)[C@H](C/C=C\CCCC(=O)ON)[C@@H](/C=C/C(O)Cc2cc3ccccc3s2)[C@@H]1O. The summed E-state index contributed by atoms with van der Waals surface area (Å²) in [5.41, 5.74) is -0.838. The third-order valence-electron chi connectivity index (χ3n) is 6.42. The molecule has 0 aliphatic heterocycles. The largest absolute Gasteiger partial charge is 0.391 e. The Labute approximate surface area is 198 Å². The Kier molecular flexibility index (Phi) is 8.59. The van der Waals surface area contributed by atoms with Gasteiger partial charge in [0, 0.05) is 34.3 Å². The maximum atomic E-state index is 13.0. The van der Waals surface area contributed by atoms with Crippen molar-refractivity contribution >= 4 is 33.2 Å². The summed E-state index contributed by atoms with van der Waals surface area (Å²) in [6.07, 6.45) is 8.42. The summed E-state index contributed by atoms with van der Waals surface area (Å²) >= 11 is 1.66. The van der Waals surface area contributed by atoms with E-state index in [1.54, 1.807) is 31.3 Å². The van der Waals surface area contributed by atoms with Gasteiger partial charge in [0.05, 0.1) is 17.6 Å². The van der Waals surface area contributed by atoms with Crippen LogP contribution >= 0.6 is 11.3 Å². The van der Waals surface area contributed by atoms with Gasteiger partial charge in [-0.15, -0.1) is 11.3 Å². The van der Waals surface area contributed by atoms with Gasteiger partial charge in [-0.1, -0.05) is 56.4 Å². The normalized spacial score (nSPS) is 23.7. The Morgan fingerprint density at radius 1 is 1.30 bits per heavy atom. The molecular weight excluding hydrogens is 438 g/mol. The second-order valence-corrected chi connectivity index (χ2v) is 10.4. The molecule has 1 heterocycles. The first-order valence-corrected chi connectivity index (χ1v) is 12.2. The average molecular weight is 472 g/mol. The van der Waals surface area contributed by atoms with Gasteiger partial charge < -0.3 is 15.1 Å². The number of aliphatic hydroxyl groups excluding tert-OH is 2. The van der Waals surface area contributed by atoms with Gasteiger partial charge in [0.15, 0.2) is 0 Å². The van der Waals surface area contributed by atoms with Crippen molar-refractivity contribution in [2.45, 2.75) is 58.2 Å². The maximum Gasteiger partial charge on any atom is 0.324 e. The van der Waals surface area contributed by atoms with E-state index in [0.29, 0.717) is 25.7 Å². The van der Waals surface area contributed by atoms with Crippen LogP contribution < -0.4 is 5.90 Å². The number of hydrogen-bond donors (Lipinski definition) is 3. The molecule has 178 valence electrons. The van der Waals surface area contributed by atoms with Crippen LogP contribution in [0.1, 0.15) is 44.4 Å². The number of allylic oxidation sites excluding steroid dienone is 2. The number of carbonyl (C=O) groups excluding carboxylic acids is 2. The monoisotopic (exact) mass is 471 g/mol. The molecule has 0 spiro atoms. The highest BCUT2D eigenvalue weighted by Gasteiger charge is 2.52. The molecule has 0 saturated heterocycles. The van der Waals surface area contributed by atoms with Gasteiger partial charge in [-0.05, 0) is 36.8 Å². The molecule has 33 heavy (non-hydrogen) atoms. The molecule has 0 bridgehead atoms. The van der Waals surface area contributed by atoms with Gasteiger partial charge >= 0.3 is 5.97 Å². The lowest BCUT2D eigenvalue weighted by Crippen LogP contribution is -2.31. The van der Waals surface area contributed by atoms with Crippen LogP contribution in [0.4, 0.5) is 0 Å². The van der Waals surface area contributed by atoms with Crippen LogP contribution in [-0.4, -0.2) is 34.2 Å². The van der Waals surface area contributed by atoms with Crippen LogP contribution in [0.25, 0.3) is 10.1 Å². The minimum absolute atomic E-state index is 0.0278. The van der Waals surface area contributed by atoms with Crippen molar-refractivity contribution in [1.29, 1.82) is 0 Å². The minimum Gasteiger partial charge on any atom is -0.391 e. The Morgan fingerprint density at radius 2 is 2.06 bits per heavy atom. The summed E-state index contributed by atoms with van der Waals surface area (Å²) in [4.78, 5) is 29.3. The topological polar surface area (TPSA) is 110 Å². The molecule has 6 nitrogen and oxygen atoms in total. The molecule has 0 radical (unpaired) electrons. The van der Waals surface area contributed by atoms with E-state index in [9.17, 15) is 19.8 Å². The number of aliphatic hydroxyl groups is 2. The predicted octanol–water partition coefficient (Wildman–Crippen LogP) is 4.10. The predicted molar refractivity (Wildman–Crippen MR) is 130 cm³/mol. The summed E-state index contributed by atoms with van der Waals surface area (Å²) in [6, 6.07) is 10.2. The molecule has 2 aromatic rings. The average Bonchev–Trinajstić information content (AvgIpc) is 3.26. The standard InChI is InChI=1S/C26H33NO5S/c1-26(2)24(30)20(10-5-3-4-6-12-23(29)32-27)21(25(26)31)14-13-18(28)16-19-15-17-9-7-8-11-22(17)33-19/h3,5,7-9,11,13-15,18,20-21,25,28,31H,4,6,10,12,16,27H2,1-2H3/b5-3-,14-13+/t18?,20-,21-,25+/m1/s1. The Balaban J connectivity index is 1.61. The highest BCUT2D eigenvalue weighted by Crippen LogP contribution is 2.44. The second-order valence-electron chi connectivity index (χ2n) is 9.21. The molecule has 7 heteroatoms. The highest BCUT2D eigenvalue weighted by molar-refractivity contribution is 7.19. The third kappa shape index (κ3) is 6.18. The molecule has 1 aliphatic rings. The number of hydrogen-bond acceptors (Lipinski definition) is 7. The van der Waals surface area contributed by atoms with E-state index in [1.165, 1.54) is 10.1 Å². The highest BCUT2D eigenvalue weighted by atomic mass is 32.1. The number of carbonyl (C=O) groups is 2. The molecular formula is C26H33NO5S. The summed E-state index contributed by atoms with van der Waals surface area (Å²) in [7, 11) is 0. The fourth-order valence-electron chi connectivity index (χ4n) is 4.46. The van der Waals surface area contributed by atoms with Gasteiger partial charge in [0.2, 0.25) is 0 Å². The fourth-order valence-corrected chi connectivity index (χ4v) is 5.57. The number of rotatable bonds is 10. The maximum absolute atomic E-state index is 13.0. The Morgan fingerprint density at radius 3 is 2.79 bits per heavy atom. The van der Waals surface area contributed by atoms with Crippen molar-refractivity contribution in [3.05, 3.63) is 59.5 Å². The van der Waals surface area contributed by atoms with Crippen molar-refractivity contribution < 1.29 is 24.6 Å². The van der Waals surface area contributed by atoms with Crippen LogP contribution in [0.2, 0.25) is 0 Å². The quantitative estimate of drug-likeness (QED) is 0.273. The zero-order valence-electron chi connectivity index (χ0n) is 19.1. The van der Waals surface area contributed by atoms with Gasteiger partial charge in [-0.2, -0.15) is 5.90 Å². The lowest BCUT2D eigenvalue weighted by molar-refractivity contribution is -0.144. The van der Waals surface area contributed by atoms with Crippen LogP contribution in [0.3, 0.4) is 0 Å². The summed E-state index contributed by atoms with van der Waals surface area (Å²) < 4.78 is 1.19. The first kappa shape index (κ1) is 25.3. The summed E-state index contributed by atoms with van der Waals surface area (Å²) in [6.45, 7) is 3.55. The lowest BCUT2D eigenvalue weighted by Gasteiger charge is -2.22. The minimum atomic E-state index is -0.838. The van der Waals surface area contributed by atoms with Gasteiger partial charge in [-0.3, -0.25) is 9.59 Å². The molecule has 1 aromatic carbocycles. The summed E-state index contributed by atoms with van der Waals surface area (Å²) in [5, 5.41) is 22.6. The third-order valence-corrected chi connectivity index (χ3v) is 7.56. The number of unbranched alkanes of at least 4 members (excludes halogenated alkanes) is 1. The van der Waals surface area contributed by atoms with Crippen molar-refractivity contribution in [2.24, 2.45) is 23.1 Å². The molecule has 0 amide bonds. The number of thiophene rings is 1. The number of Topliss-reactive ketones (excluding diaryl/α,β-unsaturated/α-hetero) is 1. The number of nitrogens with two attached hydrogens (primary N) is 1. The van der Waals surface area contributed by atoms with Gasteiger partial charge in [0.25, 0.3) is 0 Å². The molecule has 1 saturated carbocycles. The first-order valence-electron chi connectivity index (χ1n) is 11.3. The molecule has 1 fully saturated rings.